The molecule has 0 aliphatic carbocycles. The number of imidazole rings is 1. The first-order valence-electron chi connectivity index (χ1n) is 9.40. The minimum Gasteiger partial charge on any atom is -0.336 e. The van der Waals surface area contributed by atoms with E-state index in [1.54, 1.807) is 18.3 Å². The van der Waals surface area contributed by atoms with Crippen LogP contribution in [0.25, 0.3) is 28.0 Å². The van der Waals surface area contributed by atoms with Gasteiger partial charge in [-0.2, -0.15) is 0 Å². The summed E-state index contributed by atoms with van der Waals surface area (Å²) in [7, 11) is 0. The zero-order valence-electron chi connectivity index (χ0n) is 16.2. The van der Waals surface area contributed by atoms with Crippen molar-refractivity contribution in [2.24, 2.45) is 0 Å². The molecule has 4 rings (SSSR count). The van der Waals surface area contributed by atoms with E-state index in [2.05, 4.69) is 15.6 Å². The molecule has 2 heterocycles. The number of anilines is 1. The lowest BCUT2D eigenvalue weighted by molar-refractivity contribution is 0.250. The van der Waals surface area contributed by atoms with Gasteiger partial charge in [0, 0.05) is 23.5 Å². The van der Waals surface area contributed by atoms with Crippen LogP contribution in [0.5, 0.6) is 0 Å². The summed E-state index contributed by atoms with van der Waals surface area (Å²) in [4.78, 5) is 16.5. The van der Waals surface area contributed by atoms with Gasteiger partial charge in [-0.05, 0) is 61.4 Å². The number of nitrogens with one attached hydrogen (secondary N) is 2. The lowest BCUT2D eigenvalue weighted by Gasteiger charge is -2.11. The summed E-state index contributed by atoms with van der Waals surface area (Å²) >= 11 is 0. The number of benzene rings is 2. The van der Waals surface area contributed by atoms with Crippen LogP contribution in [0, 0.1) is 5.82 Å². The topological polar surface area (TPSA) is 58.4 Å². The standard InChI is InChI=1S/C23H21FN4O/c1-15(2)26-23(29)27-20-5-3-4-18(12-20)21-14-25-22-13-17(10-11-28(21)22)16-6-8-19(24)9-7-16/h3-15H,1-2H3,(H2,26,27,29). The van der Waals surface area contributed by atoms with Crippen molar-refractivity contribution in [3.05, 3.63) is 78.9 Å². The molecule has 0 atom stereocenters. The molecule has 5 nitrogen and oxygen atoms in total. The molecule has 2 aromatic carbocycles. The van der Waals surface area contributed by atoms with E-state index in [0.29, 0.717) is 5.69 Å². The number of amides is 2. The van der Waals surface area contributed by atoms with Crippen LogP contribution in [0.15, 0.2) is 73.1 Å². The maximum Gasteiger partial charge on any atom is 0.319 e. The minimum absolute atomic E-state index is 0.0623. The van der Waals surface area contributed by atoms with Crippen molar-refractivity contribution in [1.29, 1.82) is 0 Å². The Morgan fingerprint density at radius 2 is 1.79 bits per heavy atom. The normalized spacial score (nSPS) is 11.0. The van der Waals surface area contributed by atoms with Gasteiger partial charge in [0.05, 0.1) is 11.9 Å². The largest absolute Gasteiger partial charge is 0.336 e. The highest BCUT2D eigenvalue weighted by Crippen LogP contribution is 2.27. The van der Waals surface area contributed by atoms with E-state index < -0.39 is 0 Å². The average molecular weight is 388 g/mol. The van der Waals surface area contributed by atoms with E-state index in [0.717, 1.165) is 28.0 Å². The number of nitrogens with zero attached hydrogens (tertiary/aromatic N) is 2. The van der Waals surface area contributed by atoms with E-state index >= 15 is 0 Å². The molecule has 2 N–H and O–H groups in total. The quantitative estimate of drug-likeness (QED) is 0.496. The highest BCUT2D eigenvalue weighted by Gasteiger charge is 2.10. The SMILES string of the molecule is CC(C)NC(=O)Nc1cccc(-c2cnc3cc(-c4ccc(F)cc4)ccn23)c1. The van der Waals surface area contributed by atoms with E-state index in [9.17, 15) is 9.18 Å². The number of urea groups is 1. The summed E-state index contributed by atoms with van der Waals surface area (Å²) in [5, 5.41) is 5.66. The third-order valence-electron chi connectivity index (χ3n) is 4.53. The molecule has 0 unspecified atom stereocenters. The Kier molecular flexibility index (Phi) is 4.99. The number of carbonyl (C=O) groups is 1. The Morgan fingerprint density at radius 3 is 2.55 bits per heavy atom. The van der Waals surface area contributed by atoms with Gasteiger partial charge in [-0.1, -0.05) is 24.3 Å². The van der Waals surface area contributed by atoms with Crippen molar-refractivity contribution in [3.63, 3.8) is 0 Å². The monoisotopic (exact) mass is 388 g/mol. The third-order valence-corrected chi connectivity index (χ3v) is 4.53. The van der Waals surface area contributed by atoms with E-state index in [1.807, 2.05) is 60.8 Å². The molecule has 0 aliphatic heterocycles. The highest BCUT2D eigenvalue weighted by molar-refractivity contribution is 5.90. The minimum atomic E-state index is -0.256. The smallest absolute Gasteiger partial charge is 0.319 e. The number of fused-ring (bicyclic) bond motifs is 1. The van der Waals surface area contributed by atoms with E-state index in [4.69, 9.17) is 0 Å². The zero-order chi connectivity index (χ0) is 20.4. The maximum absolute atomic E-state index is 13.2. The molecule has 0 spiro atoms. The number of pyridine rings is 1. The predicted octanol–water partition coefficient (Wildman–Crippen LogP) is 5.34. The number of halogens is 1. The molecular weight excluding hydrogens is 367 g/mol. The van der Waals surface area contributed by atoms with Crippen LogP contribution in [-0.4, -0.2) is 21.5 Å². The summed E-state index contributed by atoms with van der Waals surface area (Å²) in [6, 6.07) is 17.8. The maximum atomic E-state index is 13.2. The van der Waals surface area contributed by atoms with Crippen molar-refractivity contribution in [3.8, 4) is 22.4 Å². The first-order valence-corrected chi connectivity index (χ1v) is 9.40. The lowest BCUT2D eigenvalue weighted by atomic mass is 10.1. The summed E-state index contributed by atoms with van der Waals surface area (Å²) in [5.41, 5.74) is 5.25. The molecule has 2 amide bonds. The Labute approximate surface area is 168 Å². The van der Waals surface area contributed by atoms with Crippen LogP contribution in [0.1, 0.15) is 13.8 Å². The summed E-state index contributed by atoms with van der Waals surface area (Å²) in [5.74, 6) is -0.256. The molecule has 2 aromatic heterocycles. The Morgan fingerprint density at radius 1 is 1.00 bits per heavy atom. The molecule has 4 aromatic rings. The third kappa shape index (κ3) is 4.11. The molecule has 0 bridgehead atoms. The molecule has 0 saturated carbocycles. The van der Waals surface area contributed by atoms with Crippen LogP contribution in [-0.2, 0) is 0 Å². The van der Waals surface area contributed by atoms with Crippen molar-refractivity contribution >= 4 is 17.4 Å². The van der Waals surface area contributed by atoms with Gasteiger partial charge >= 0.3 is 6.03 Å². The summed E-state index contributed by atoms with van der Waals surface area (Å²) in [6.07, 6.45) is 3.75. The van der Waals surface area contributed by atoms with Gasteiger partial charge < -0.3 is 10.6 Å². The molecule has 0 fully saturated rings. The van der Waals surface area contributed by atoms with Gasteiger partial charge in [-0.15, -0.1) is 0 Å². The van der Waals surface area contributed by atoms with Gasteiger partial charge in [0.15, 0.2) is 0 Å². The number of hydrogen-bond acceptors (Lipinski definition) is 2. The van der Waals surface area contributed by atoms with Crippen molar-refractivity contribution < 1.29 is 9.18 Å². The number of rotatable bonds is 4. The molecule has 0 saturated heterocycles. The molecular formula is C23H21FN4O. The number of carbonyl (C=O) groups excluding carboxylic acids is 1. The number of aromatic nitrogens is 2. The second-order valence-corrected chi connectivity index (χ2v) is 7.13. The molecule has 6 heteroatoms. The van der Waals surface area contributed by atoms with Gasteiger partial charge in [0.1, 0.15) is 11.5 Å². The first-order chi connectivity index (χ1) is 14.0. The average Bonchev–Trinajstić information content (AvgIpc) is 3.11. The Hall–Kier alpha value is -3.67. The molecule has 146 valence electrons. The fourth-order valence-electron chi connectivity index (χ4n) is 3.20. The molecule has 29 heavy (non-hydrogen) atoms. The molecule has 0 aliphatic rings. The van der Waals surface area contributed by atoms with Crippen LogP contribution >= 0.6 is 0 Å². The van der Waals surface area contributed by atoms with Gasteiger partial charge in [0.2, 0.25) is 0 Å². The number of hydrogen-bond donors (Lipinski definition) is 2. The fraction of sp³-hybridized carbons (Fsp3) is 0.130. The first kappa shape index (κ1) is 18.7. The van der Waals surface area contributed by atoms with Crippen LogP contribution in [0.2, 0.25) is 0 Å². The van der Waals surface area contributed by atoms with Crippen molar-refractivity contribution in [2.75, 3.05) is 5.32 Å². The summed E-state index contributed by atoms with van der Waals surface area (Å²) in [6.45, 7) is 3.82. The lowest BCUT2D eigenvalue weighted by Crippen LogP contribution is -2.34. The van der Waals surface area contributed by atoms with Crippen molar-refractivity contribution in [1.82, 2.24) is 14.7 Å². The van der Waals surface area contributed by atoms with Crippen LogP contribution in [0.3, 0.4) is 0 Å². The predicted molar refractivity (Wildman–Crippen MR) is 113 cm³/mol. The van der Waals surface area contributed by atoms with Gasteiger partial charge in [-0.3, -0.25) is 4.40 Å². The highest BCUT2D eigenvalue weighted by atomic mass is 19.1. The summed E-state index contributed by atoms with van der Waals surface area (Å²) < 4.78 is 15.2. The van der Waals surface area contributed by atoms with Crippen LogP contribution in [0.4, 0.5) is 14.9 Å². The molecule has 0 radical (unpaired) electrons. The van der Waals surface area contributed by atoms with Gasteiger partial charge in [-0.25, -0.2) is 14.2 Å². The van der Waals surface area contributed by atoms with E-state index in [1.165, 1.54) is 12.1 Å². The van der Waals surface area contributed by atoms with Crippen LogP contribution < -0.4 is 10.6 Å². The van der Waals surface area contributed by atoms with Gasteiger partial charge in [0.25, 0.3) is 0 Å². The fourth-order valence-corrected chi connectivity index (χ4v) is 3.20. The van der Waals surface area contributed by atoms with E-state index in [-0.39, 0.29) is 17.9 Å². The second kappa shape index (κ2) is 7.75. The van der Waals surface area contributed by atoms with Crippen molar-refractivity contribution in [2.45, 2.75) is 19.9 Å². The Balaban J connectivity index is 1.64. The Bertz CT molecular complexity index is 1170. The zero-order valence-corrected chi connectivity index (χ0v) is 16.2. The second-order valence-electron chi connectivity index (χ2n) is 7.13.